The number of carbonyl (C=O) groups excluding carboxylic acids is 1. The van der Waals surface area contributed by atoms with E-state index in [1.807, 2.05) is 29.8 Å². The van der Waals surface area contributed by atoms with Gasteiger partial charge in [0.2, 0.25) is 5.91 Å². The highest BCUT2D eigenvalue weighted by Gasteiger charge is 2.29. The van der Waals surface area contributed by atoms with Crippen LogP contribution in [0, 0.1) is 0 Å². The highest BCUT2D eigenvalue weighted by atomic mass is 32.1. The summed E-state index contributed by atoms with van der Waals surface area (Å²) in [6.45, 7) is 4.22. The summed E-state index contributed by atoms with van der Waals surface area (Å²) in [5, 5.41) is 3.11. The zero-order valence-electron chi connectivity index (χ0n) is 15.8. The van der Waals surface area contributed by atoms with Crippen LogP contribution in [-0.2, 0) is 4.79 Å². The number of anilines is 2. The molecule has 4 rings (SSSR count). The van der Waals surface area contributed by atoms with E-state index in [1.54, 1.807) is 11.3 Å². The lowest BCUT2D eigenvalue weighted by molar-refractivity contribution is -0.120. The molecule has 1 aliphatic heterocycles. The Morgan fingerprint density at radius 2 is 1.81 bits per heavy atom. The molecular formula is C21H28N4OS. The van der Waals surface area contributed by atoms with Gasteiger partial charge in [-0.1, -0.05) is 37.5 Å². The van der Waals surface area contributed by atoms with E-state index in [4.69, 9.17) is 0 Å². The van der Waals surface area contributed by atoms with Crippen LogP contribution >= 0.6 is 11.3 Å². The summed E-state index contributed by atoms with van der Waals surface area (Å²) in [7, 11) is 0. The quantitative estimate of drug-likeness (QED) is 0.789. The van der Waals surface area contributed by atoms with Crippen molar-refractivity contribution in [1.82, 2.24) is 9.88 Å². The molecule has 2 heterocycles. The molecule has 0 spiro atoms. The van der Waals surface area contributed by atoms with Crippen molar-refractivity contribution in [2.24, 2.45) is 0 Å². The number of aromatic nitrogens is 1. The number of amides is 1. The number of hydrogen-bond donors (Lipinski definition) is 0. The Bertz CT molecular complexity index is 707. The first kappa shape index (κ1) is 18.4. The molecule has 0 atom stereocenters. The van der Waals surface area contributed by atoms with E-state index < -0.39 is 0 Å². The fourth-order valence-corrected chi connectivity index (χ4v) is 4.92. The van der Waals surface area contributed by atoms with Crippen molar-refractivity contribution in [1.29, 1.82) is 0 Å². The molecule has 2 fully saturated rings. The second-order valence-corrected chi connectivity index (χ2v) is 8.34. The Morgan fingerprint density at radius 1 is 1.07 bits per heavy atom. The first-order valence-corrected chi connectivity index (χ1v) is 10.9. The van der Waals surface area contributed by atoms with E-state index in [-0.39, 0.29) is 5.91 Å². The SMILES string of the molecule is O=C(CN1CCN(c2nccs2)CC1)N(c1ccccc1)C1CCCCC1. The van der Waals surface area contributed by atoms with Crippen LogP contribution < -0.4 is 9.80 Å². The molecule has 5 nitrogen and oxygen atoms in total. The van der Waals surface area contributed by atoms with Gasteiger partial charge in [-0.3, -0.25) is 9.69 Å². The summed E-state index contributed by atoms with van der Waals surface area (Å²) in [5.41, 5.74) is 1.05. The summed E-state index contributed by atoms with van der Waals surface area (Å²) >= 11 is 1.69. The minimum absolute atomic E-state index is 0.246. The molecule has 0 radical (unpaired) electrons. The van der Waals surface area contributed by atoms with E-state index in [9.17, 15) is 4.79 Å². The molecule has 0 unspecified atom stereocenters. The number of piperazine rings is 1. The Hall–Kier alpha value is -1.92. The molecule has 1 aliphatic carbocycles. The highest BCUT2D eigenvalue weighted by molar-refractivity contribution is 7.13. The standard InChI is InChI=1S/C21H28N4OS/c26-20(17-23-12-14-24(15-13-23)21-22-11-16-27-21)25(18-7-3-1-4-8-18)19-9-5-2-6-10-19/h1,3-4,7-8,11,16,19H,2,5-6,9-10,12-15,17H2. The van der Waals surface area contributed by atoms with Crippen molar-refractivity contribution in [3.8, 4) is 0 Å². The fourth-order valence-electron chi connectivity index (χ4n) is 4.22. The molecule has 2 aliphatic rings. The zero-order chi connectivity index (χ0) is 18.5. The van der Waals surface area contributed by atoms with E-state index in [0.717, 1.165) is 49.8 Å². The van der Waals surface area contributed by atoms with Gasteiger partial charge in [-0.2, -0.15) is 0 Å². The van der Waals surface area contributed by atoms with Crippen molar-refractivity contribution in [3.63, 3.8) is 0 Å². The second kappa shape index (κ2) is 8.85. The lowest BCUT2D eigenvalue weighted by atomic mass is 9.93. The molecule has 6 heteroatoms. The lowest BCUT2D eigenvalue weighted by Gasteiger charge is -2.38. The minimum Gasteiger partial charge on any atom is -0.346 e. The Kier molecular flexibility index (Phi) is 6.04. The second-order valence-electron chi connectivity index (χ2n) is 7.47. The van der Waals surface area contributed by atoms with E-state index in [1.165, 1.54) is 19.3 Å². The average molecular weight is 385 g/mol. The normalized spacial score (nSPS) is 19.2. The van der Waals surface area contributed by atoms with E-state index >= 15 is 0 Å². The van der Waals surface area contributed by atoms with Crippen LogP contribution in [0.1, 0.15) is 32.1 Å². The molecule has 144 valence electrons. The summed E-state index contributed by atoms with van der Waals surface area (Å²) in [5.74, 6) is 0.246. The summed E-state index contributed by atoms with van der Waals surface area (Å²) in [4.78, 5) is 24.4. The molecule has 1 aromatic heterocycles. The van der Waals surface area contributed by atoms with Gasteiger partial charge in [0.25, 0.3) is 0 Å². The van der Waals surface area contributed by atoms with Gasteiger partial charge in [0, 0.05) is 49.5 Å². The summed E-state index contributed by atoms with van der Waals surface area (Å²) in [6, 6.07) is 10.6. The van der Waals surface area contributed by atoms with Gasteiger partial charge in [-0.25, -0.2) is 4.98 Å². The van der Waals surface area contributed by atoms with Gasteiger partial charge in [-0.05, 0) is 25.0 Å². The van der Waals surface area contributed by atoms with Gasteiger partial charge >= 0.3 is 0 Å². The maximum absolute atomic E-state index is 13.3. The first-order chi connectivity index (χ1) is 13.3. The van der Waals surface area contributed by atoms with Crippen LogP contribution in [-0.4, -0.2) is 54.6 Å². The van der Waals surface area contributed by atoms with Crippen LogP contribution in [0.2, 0.25) is 0 Å². The van der Waals surface area contributed by atoms with Crippen molar-refractivity contribution >= 4 is 28.1 Å². The van der Waals surface area contributed by atoms with Crippen molar-refractivity contribution in [3.05, 3.63) is 41.9 Å². The van der Waals surface area contributed by atoms with Crippen molar-refractivity contribution < 1.29 is 4.79 Å². The van der Waals surface area contributed by atoms with Crippen molar-refractivity contribution in [2.75, 3.05) is 42.5 Å². The van der Waals surface area contributed by atoms with Gasteiger partial charge in [0.1, 0.15) is 0 Å². The average Bonchev–Trinajstić information content (AvgIpc) is 3.25. The lowest BCUT2D eigenvalue weighted by Crippen LogP contribution is -2.52. The van der Waals surface area contributed by atoms with E-state index in [2.05, 4.69) is 31.8 Å². The number of carbonyl (C=O) groups is 1. The number of hydrogen-bond acceptors (Lipinski definition) is 5. The predicted octanol–water partition coefficient (Wildman–Crippen LogP) is 3.63. The number of benzene rings is 1. The summed E-state index contributed by atoms with van der Waals surface area (Å²) < 4.78 is 0. The van der Waals surface area contributed by atoms with Crippen LogP contribution in [0.15, 0.2) is 41.9 Å². The number of thiazole rings is 1. The molecule has 1 saturated carbocycles. The maximum atomic E-state index is 13.3. The largest absolute Gasteiger partial charge is 0.346 e. The Labute approximate surface area is 165 Å². The molecule has 27 heavy (non-hydrogen) atoms. The Balaban J connectivity index is 1.40. The predicted molar refractivity (Wildman–Crippen MR) is 112 cm³/mol. The molecule has 1 amide bonds. The fraction of sp³-hybridized carbons (Fsp3) is 0.524. The van der Waals surface area contributed by atoms with Gasteiger partial charge in [-0.15, -0.1) is 11.3 Å². The number of para-hydroxylation sites is 1. The third kappa shape index (κ3) is 4.50. The van der Waals surface area contributed by atoms with Crippen LogP contribution in [0.25, 0.3) is 0 Å². The third-order valence-corrected chi connectivity index (χ3v) is 6.50. The minimum atomic E-state index is 0.246. The van der Waals surface area contributed by atoms with Gasteiger partial charge < -0.3 is 9.80 Å². The van der Waals surface area contributed by atoms with Gasteiger partial charge in [0.05, 0.1) is 6.54 Å². The molecule has 1 aromatic carbocycles. The number of rotatable bonds is 5. The zero-order valence-corrected chi connectivity index (χ0v) is 16.6. The summed E-state index contributed by atoms with van der Waals surface area (Å²) in [6.07, 6.45) is 7.86. The smallest absolute Gasteiger partial charge is 0.241 e. The molecule has 2 aromatic rings. The van der Waals surface area contributed by atoms with Crippen LogP contribution in [0.5, 0.6) is 0 Å². The molecule has 1 saturated heterocycles. The topological polar surface area (TPSA) is 39.7 Å². The third-order valence-electron chi connectivity index (χ3n) is 5.66. The van der Waals surface area contributed by atoms with Gasteiger partial charge in [0.15, 0.2) is 5.13 Å². The first-order valence-electron chi connectivity index (χ1n) is 10.0. The van der Waals surface area contributed by atoms with Crippen LogP contribution in [0.4, 0.5) is 10.8 Å². The molecule has 0 bridgehead atoms. The van der Waals surface area contributed by atoms with E-state index in [0.29, 0.717) is 12.6 Å². The van der Waals surface area contributed by atoms with Crippen LogP contribution in [0.3, 0.4) is 0 Å². The molecular weight excluding hydrogens is 356 g/mol. The monoisotopic (exact) mass is 384 g/mol. The Morgan fingerprint density at radius 3 is 2.48 bits per heavy atom. The highest BCUT2D eigenvalue weighted by Crippen LogP contribution is 2.28. The number of nitrogens with zero attached hydrogens (tertiary/aromatic N) is 4. The molecule has 0 N–H and O–H groups in total. The maximum Gasteiger partial charge on any atom is 0.241 e. The van der Waals surface area contributed by atoms with Crippen molar-refractivity contribution in [2.45, 2.75) is 38.1 Å².